The Morgan fingerprint density at radius 2 is 2.04 bits per heavy atom. The summed E-state index contributed by atoms with van der Waals surface area (Å²) in [4.78, 5) is 39.3. The molecule has 0 saturated carbocycles. The Labute approximate surface area is 161 Å². The molecule has 0 atom stereocenters. The van der Waals surface area contributed by atoms with Crippen LogP contribution < -0.4 is 15.0 Å². The van der Waals surface area contributed by atoms with E-state index in [1.54, 1.807) is 6.07 Å². The molecule has 0 saturated heterocycles. The molecule has 0 bridgehead atoms. The fourth-order valence-electron chi connectivity index (χ4n) is 2.66. The van der Waals surface area contributed by atoms with E-state index in [1.807, 2.05) is 0 Å². The lowest BCUT2D eigenvalue weighted by Crippen LogP contribution is -2.17. The molecule has 3 heterocycles. The molecule has 0 unspecified atom stereocenters. The van der Waals surface area contributed by atoms with Crippen molar-refractivity contribution in [3.63, 3.8) is 0 Å². The highest BCUT2D eigenvalue weighted by atomic mass is 35.5. The third-order valence-corrected chi connectivity index (χ3v) is 4.16. The van der Waals surface area contributed by atoms with Gasteiger partial charge in [-0.15, -0.1) is 0 Å². The van der Waals surface area contributed by atoms with Crippen LogP contribution in [0.1, 0.15) is 16.1 Å². The number of carbonyl (C=O) groups excluding carboxylic acids is 1. The Hall–Kier alpha value is -3.66. The standard InChI is InChI=1S/C17H10ClN3O7/c18-9-1-2-15-19-10(3-16(22)20(15)6-9)7-26-17(23)11-4-13-14(28-8-27-13)5-12(11)21(24)25/h1-6H,7-8H2. The minimum atomic E-state index is -0.955. The van der Waals surface area contributed by atoms with Crippen LogP contribution in [0.2, 0.25) is 5.02 Å². The zero-order valence-electron chi connectivity index (χ0n) is 14.0. The molecule has 3 aromatic rings. The number of benzene rings is 1. The summed E-state index contributed by atoms with van der Waals surface area (Å²) in [5, 5.41) is 11.6. The minimum absolute atomic E-state index is 0.0973. The number of ether oxygens (including phenoxy) is 3. The van der Waals surface area contributed by atoms with Crippen molar-refractivity contribution >= 4 is 28.9 Å². The molecule has 10 nitrogen and oxygen atoms in total. The molecular weight excluding hydrogens is 394 g/mol. The van der Waals surface area contributed by atoms with E-state index >= 15 is 0 Å². The van der Waals surface area contributed by atoms with Crippen molar-refractivity contribution in [2.45, 2.75) is 6.61 Å². The van der Waals surface area contributed by atoms with Crippen molar-refractivity contribution in [2.75, 3.05) is 6.79 Å². The zero-order valence-corrected chi connectivity index (χ0v) is 14.7. The maximum Gasteiger partial charge on any atom is 0.345 e. The number of hydrogen-bond acceptors (Lipinski definition) is 8. The first-order chi connectivity index (χ1) is 13.4. The number of halogens is 1. The lowest BCUT2D eigenvalue weighted by molar-refractivity contribution is -0.385. The molecule has 1 aromatic carbocycles. The van der Waals surface area contributed by atoms with E-state index < -0.39 is 22.1 Å². The van der Waals surface area contributed by atoms with Gasteiger partial charge in [0, 0.05) is 18.3 Å². The molecule has 4 rings (SSSR count). The maximum atomic E-state index is 12.4. The van der Waals surface area contributed by atoms with Gasteiger partial charge in [-0.25, -0.2) is 9.78 Å². The molecule has 142 valence electrons. The Balaban J connectivity index is 1.60. The summed E-state index contributed by atoms with van der Waals surface area (Å²) < 4.78 is 16.6. The number of hydrogen-bond donors (Lipinski definition) is 0. The van der Waals surface area contributed by atoms with Gasteiger partial charge < -0.3 is 14.2 Å². The zero-order chi connectivity index (χ0) is 19.8. The normalized spacial score (nSPS) is 12.2. The molecule has 2 aromatic heterocycles. The van der Waals surface area contributed by atoms with E-state index in [2.05, 4.69) is 4.98 Å². The quantitative estimate of drug-likeness (QED) is 0.369. The van der Waals surface area contributed by atoms with Gasteiger partial charge in [-0.3, -0.25) is 19.3 Å². The van der Waals surface area contributed by atoms with E-state index in [0.717, 1.165) is 6.07 Å². The van der Waals surface area contributed by atoms with Crippen LogP contribution >= 0.6 is 11.6 Å². The lowest BCUT2D eigenvalue weighted by Gasteiger charge is -2.07. The van der Waals surface area contributed by atoms with Crippen LogP contribution in [0.15, 0.2) is 41.3 Å². The van der Waals surface area contributed by atoms with Crippen LogP contribution in [0.4, 0.5) is 5.69 Å². The number of esters is 1. The smallest absolute Gasteiger partial charge is 0.345 e. The average molecular weight is 404 g/mol. The fourth-order valence-corrected chi connectivity index (χ4v) is 2.82. The summed E-state index contributed by atoms with van der Waals surface area (Å²) in [5.41, 5.74) is -0.678. The van der Waals surface area contributed by atoms with Crippen LogP contribution in [0.3, 0.4) is 0 Å². The summed E-state index contributed by atoms with van der Waals surface area (Å²) in [6.07, 6.45) is 1.41. The molecule has 0 amide bonds. The molecule has 0 aliphatic carbocycles. The van der Waals surface area contributed by atoms with E-state index in [1.165, 1.54) is 28.8 Å². The number of fused-ring (bicyclic) bond motifs is 2. The van der Waals surface area contributed by atoms with Crippen LogP contribution in [-0.2, 0) is 11.3 Å². The van der Waals surface area contributed by atoms with Crippen LogP contribution in [0.25, 0.3) is 5.65 Å². The lowest BCUT2D eigenvalue weighted by atomic mass is 10.1. The number of aromatic nitrogens is 2. The molecular formula is C17H10ClN3O7. The highest BCUT2D eigenvalue weighted by Gasteiger charge is 2.28. The summed E-state index contributed by atoms with van der Waals surface area (Å²) in [7, 11) is 0. The van der Waals surface area contributed by atoms with Gasteiger partial charge >= 0.3 is 5.97 Å². The average Bonchev–Trinajstić information content (AvgIpc) is 3.13. The molecule has 1 aliphatic rings. The van der Waals surface area contributed by atoms with Gasteiger partial charge in [0.1, 0.15) is 17.8 Å². The molecule has 1 aliphatic heterocycles. The van der Waals surface area contributed by atoms with Gasteiger partial charge in [-0.05, 0) is 12.1 Å². The van der Waals surface area contributed by atoms with E-state index in [0.29, 0.717) is 10.7 Å². The third kappa shape index (κ3) is 3.21. The van der Waals surface area contributed by atoms with Gasteiger partial charge in [0.25, 0.3) is 11.2 Å². The van der Waals surface area contributed by atoms with Crippen molar-refractivity contribution in [3.05, 3.63) is 73.3 Å². The van der Waals surface area contributed by atoms with Crippen LogP contribution in [0.5, 0.6) is 11.5 Å². The molecule has 0 spiro atoms. The monoisotopic (exact) mass is 403 g/mol. The molecule has 11 heteroatoms. The highest BCUT2D eigenvalue weighted by molar-refractivity contribution is 6.30. The summed E-state index contributed by atoms with van der Waals surface area (Å²) in [6, 6.07) is 6.58. The summed E-state index contributed by atoms with van der Waals surface area (Å²) in [6.45, 7) is -0.446. The van der Waals surface area contributed by atoms with Gasteiger partial charge in [0.15, 0.2) is 11.5 Å². The Morgan fingerprint density at radius 3 is 2.79 bits per heavy atom. The van der Waals surface area contributed by atoms with Crippen molar-refractivity contribution in [2.24, 2.45) is 0 Å². The second kappa shape index (κ2) is 6.82. The minimum Gasteiger partial charge on any atom is -0.455 e. The van der Waals surface area contributed by atoms with Crippen molar-refractivity contribution in [3.8, 4) is 11.5 Å². The molecule has 28 heavy (non-hydrogen) atoms. The molecule has 0 radical (unpaired) electrons. The number of nitro benzene ring substituents is 1. The number of nitrogens with zero attached hydrogens (tertiary/aromatic N) is 3. The number of rotatable bonds is 4. The first-order valence-electron chi connectivity index (χ1n) is 7.85. The largest absolute Gasteiger partial charge is 0.455 e. The van der Waals surface area contributed by atoms with Crippen molar-refractivity contribution < 1.29 is 23.9 Å². The van der Waals surface area contributed by atoms with Crippen molar-refractivity contribution in [1.82, 2.24) is 9.38 Å². The summed E-state index contributed by atoms with van der Waals surface area (Å²) >= 11 is 5.85. The van der Waals surface area contributed by atoms with Gasteiger partial charge in [0.2, 0.25) is 6.79 Å². The Bertz CT molecular complexity index is 1190. The van der Waals surface area contributed by atoms with E-state index in [4.69, 9.17) is 25.8 Å². The topological polar surface area (TPSA) is 122 Å². The third-order valence-electron chi connectivity index (χ3n) is 3.94. The predicted octanol–water partition coefficient (Wildman–Crippen LogP) is 2.34. The second-order valence-electron chi connectivity index (χ2n) is 5.72. The van der Waals surface area contributed by atoms with Gasteiger partial charge in [-0.2, -0.15) is 0 Å². The SMILES string of the molecule is O=C(OCc1cc(=O)n2cc(Cl)ccc2n1)c1cc2c(cc1[N+](=O)[O-])OCO2. The molecule has 0 N–H and O–H groups in total. The Kier molecular flexibility index (Phi) is 4.32. The van der Waals surface area contributed by atoms with E-state index in [9.17, 15) is 19.7 Å². The highest BCUT2D eigenvalue weighted by Crippen LogP contribution is 2.38. The first-order valence-corrected chi connectivity index (χ1v) is 8.23. The first kappa shape index (κ1) is 17.7. The van der Waals surface area contributed by atoms with Gasteiger partial charge in [-0.1, -0.05) is 11.6 Å². The predicted molar refractivity (Wildman–Crippen MR) is 94.8 cm³/mol. The number of carbonyl (C=O) groups is 1. The maximum absolute atomic E-state index is 12.4. The van der Waals surface area contributed by atoms with Crippen LogP contribution in [-0.4, -0.2) is 27.1 Å². The Morgan fingerprint density at radius 1 is 1.29 bits per heavy atom. The van der Waals surface area contributed by atoms with Crippen molar-refractivity contribution in [1.29, 1.82) is 0 Å². The van der Waals surface area contributed by atoms with E-state index in [-0.39, 0.29) is 36.2 Å². The number of pyridine rings is 1. The number of nitro groups is 1. The molecule has 0 fully saturated rings. The second-order valence-corrected chi connectivity index (χ2v) is 6.15. The fraction of sp³-hybridized carbons (Fsp3) is 0.118. The summed E-state index contributed by atoms with van der Waals surface area (Å²) in [5.74, 6) is -0.578. The van der Waals surface area contributed by atoms with Crippen LogP contribution in [0, 0.1) is 10.1 Å². The van der Waals surface area contributed by atoms with Gasteiger partial charge in [0.05, 0.1) is 21.7 Å².